The number of alkyl carbamates (subject to hydrolysis) is 1. The number of benzene rings is 1. The van der Waals surface area contributed by atoms with Crippen LogP contribution in [-0.4, -0.2) is 69.0 Å². The predicted molar refractivity (Wildman–Crippen MR) is 135 cm³/mol. The van der Waals surface area contributed by atoms with Crippen molar-refractivity contribution in [2.75, 3.05) is 31.3 Å². The van der Waals surface area contributed by atoms with Crippen LogP contribution in [0.2, 0.25) is 25.7 Å². The minimum Gasteiger partial charge on any atom is -0.444 e. The molecule has 200 valence electrons. The maximum absolute atomic E-state index is 15.1. The first-order valence-corrected chi connectivity index (χ1v) is 16.0. The molecule has 11 heteroatoms. The van der Waals surface area contributed by atoms with Crippen LogP contribution in [0.15, 0.2) is 12.1 Å². The second-order valence-electron chi connectivity index (χ2n) is 11.7. The maximum Gasteiger partial charge on any atom is 0.407 e. The molecular formula is C25H37F2N3O5Si. The molecule has 0 aliphatic carbocycles. The molecule has 1 aromatic carbocycles. The lowest BCUT2D eigenvalue weighted by Gasteiger charge is -2.41. The number of amides is 3. The topological polar surface area (TPSA) is 88.2 Å². The van der Waals surface area contributed by atoms with Gasteiger partial charge in [-0.2, -0.15) is 0 Å². The fourth-order valence-electron chi connectivity index (χ4n) is 4.12. The molecule has 36 heavy (non-hydrogen) atoms. The van der Waals surface area contributed by atoms with Crippen LogP contribution in [0.25, 0.3) is 0 Å². The standard InChI is InChI=1S/C25H37F2N3O5Si/c1-25(2,3)35-24(33)28-16-13-29(14-16)17-11-19(26)22(20(27)12-17)18-7-8-21(31)30(23(18)32)15-34-9-10-36(4,5)6/h11-12,16,18H,7-10,13-15H2,1-6H3,(H,28,33). The Hall–Kier alpha value is -2.53. The van der Waals surface area contributed by atoms with Gasteiger partial charge in [-0.15, -0.1) is 0 Å². The predicted octanol–water partition coefficient (Wildman–Crippen LogP) is 4.22. The van der Waals surface area contributed by atoms with Crippen LogP contribution in [0.4, 0.5) is 19.3 Å². The van der Waals surface area contributed by atoms with Gasteiger partial charge in [-0.25, -0.2) is 13.6 Å². The normalized spacial score (nSPS) is 19.4. The molecule has 0 aromatic heterocycles. The van der Waals surface area contributed by atoms with E-state index >= 15 is 8.78 Å². The van der Waals surface area contributed by atoms with Crippen LogP contribution in [0.5, 0.6) is 0 Å². The Morgan fingerprint density at radius 1 is 1.14 bits per heavy atom. The Morgan fingerprint density at radius 3 is 2.31 bits per heavy atom. The second kappa shape index (κ2) is 10.8. The summed E-state index contributed by atoms with van der Waals surface area (Å²) < 4.78 is 41.0. The summed E-state index contributed by atoms with van der Waals surface area (Å²) in [5.41, 5.74) is -0.624. The zero-order valence-electron chi connectivity index (χ0n) is 22.0. The number of anilines is 1. The van der Waals surface area contributed by atoms with E-state index in [2.05, 4.69) is 25.0 Å². The Balaban J connectivity index is 1.62. The molecule has 2 saturated heterocycles. The van der Waals surface area contributed by atoms with Crippen molar-refractivity contribution in [3.05, 3.63) is 29.3 Å². The van der Waals surface area contributed by atoms with Gasteiger partial charge in [-0.05, 0) is 45.4 Å². The number of rotatable bonds is 8. The van der Waals surface area contributed by atoms with Gasteiger partial charge in [0.15, 0.2) is 0 Å². The van der Waals surface area contributed by atoms with Gasteiger partial charge >= 0.3 is 6.09 Å². The number of carbonyl (C=O) groups is 3. The van der Waals surface area contributed by atoms with Crippen molar-refractivity contribution in [2.45, 2.75) is 76.9 Å². The van der Waals surface area contributed by atoms with E-state index in [9.17, 15) is 14.4 Å². The molecule has 3 rings (SSSR count). The van der Waals surface area contributed by atoms with Gasteiger partial charge in [0, 0.05) is 45.4 Å². The van der Waals surface area contributed by atoms with Crippen molar-refractivity contribution in [2.24, 2.45) is 0 Å². The van der Waals surface area contributed by atoms with Gasteiger partial charge < -0.3 is 19.7 Å². The highest BCUT2D eigenvalue weighted by atomic mass is 28.3. The van der Waals surface area contributed by atoms with Crippen LogP contribution in [-0.2, 0) is 19.1 Å². The van der Waals surface area contributed by atoms with Crippen molar-refractivity contribution in [3.8, 4) is 0 Å². The van der Waals surface area contributed by atoms with Crippen molar-refractivity contribution in [1.82, 2.24) is 10.2 Å². The summed E-state index contributed by atoms with van der Waals surface area (Å²) in [5.74, 6) is -3.79. The third-order valence-electron chi connectivity index (χ3n) is 6.11. The number of halogens is 2. The van der Waals surface area contributed by atoms with Gasteiger partial charge in [-0.1, -0.05) is 19.6 Å². The summed E-state index contributed by atoms with van der Waals surface area (Å²) in [6.45, 7) is 12.8. The molecule has 0 saturated carbocycles. The Kier molecular flexibility index (Phi) is 8.44. The number of piperidine rings is 1. The average Bonchev–Trinajstić information content (AvgIpc) is 2.68. The van der Waals surface area contributed by atoms with Crippen molar-refractivity contribution in [3.63, 3.8) is 0 Å². The Labute approximate surface area is 212 Å². The number of ether oxygens (including phenoxy) is 2. The maximum atomic E-state index is 15.1. The van der Waals surface area contributed by atoms with E-state index in [0.29, 0.717) is 25.4 Å². The molecule has 0 bridgehead atoms. The van der Waals surface area contributed by atoms with Crippen LogP contribution in [0, 0.1) is 11.6 Å². The summed E-state index contributed by atoms with van der Waals surface area (Å²) in [7, 11) is -1.34. The highest BCUT2D eigenvalue weighted by Gasteiger charge is 2.39. The first-order valence-electron chi connectivity index (χ1n) is 12.3. The number of nitrogens with zero attached hydrogens (tertiary/aromatic N) is 2. The van der Waals surface area contributed by atoms with Crippen LogP contribution in [0.3, 0.4) is 0 Å². The van der Waals surface area contributed by atoms with Gasteiger partial charge in [0.2, 0.25) is 11.8 Å². The molecule has 1 N–H and O–H groups in total. The fraction of sp³-hybridized carbons (Fsp3) is 0.640. The molecule has 8 nitrogen and oxygen atoms in total. The zero-order chi connectivity index (χ0) is 26.8. The number of likely N-dealkylation sites (tertiary alicyclic amines) is 1. The number of nitrogens with one attached hydrogen (secondary N) is 1. The van der Waals surface area contributed by atoms with E-state index < -0.39 is 49.1 Å². The quantitative estimate of drug-likeness (QED) is 0.311. The van der Waals surface area contributed by atoms with E-state index in [1.807, 2.05) is 0 Å². The number of carbonyl (C=O) groups excluding carboxylic acids is 3. The first kappa shape index (κ1) is 28.0. The largest absolute Gasteiger partial charge is 0.444 e. The van der Waals surface area contributed by atoms with E-state index in [0.717, 1.165) is 10.9 Å². The number of hydrogen-bond acceptors (Lipinski definition) is 6. The van der Waals surface area contributed by atoms with Crippen LogP contribution in [0.1, 0.15) is 45.1 Å². The molecule has 1 atom stereocenters. The zero-order valence-corrected chi connectivity index (χ0v) is 23.0. The molecule has 0 radical (unpaired) electrons. The van der Waals surface area contributed by atoms with Crippen molar-refractivity contribution >= 4 is 31.7 Å². The molecule has 2 aliphatic heterocycles. The molecular weight excluding hydrogens is 488 g/mol. The van der Waals surface area contributed by atoms with E-state index in [4.69, 9.17) is 9.47 Å². The Morgan fingerprint density at radius 2 is 1.75 bits per heavy atom. The third kappa shape index (κ3) is 7.25. The highest BCUT2D eigenvalue weighted by molar-refractivity contribution is 6.76. The fourth-order valence-corrected chi connectivity index (χ4v) is 4.87. The summed E-state index contributed by atoms with van der Waals surface area (Å²) >= 11 is 0. The molecule has 2 heterocycles. The summed E-state index contributed by atoms with van der Waals surface area (Å²) in [4.78, 5) is 39.9. The smallest absolute Gasteiger partial charge is 0.407 e. The van der Waals surface area contributed by atoms with E-state index in [1.165, 1.54) is 12.1 Å². The van der Waals surface area contributed by atoms with Gasteiger partial charge in [-0.3, -0.25) is 14.5 Å². The molecule has 2 aliphatic rings. The van der Waals surface area contributed by atoms with Crippen molar-refractivity contribution < 1.29 is 32.6 Å². The lowest BCUT2D eigenvalue weighted by molar-refractivity contribution is -0.155. The molecule has 3 amide bonds. The molecule has 1 unspecified atom stereocenters. The van der Waals surface area contributed by atoms with Crippen LogP contribution >= 0.6 is 0 Å². The lowest BCUT2D eigenvalue weighted by Crippen LogP contribution is -2.60. The molecule has 0 spiro atoms. The second-order valence-corrected chi connectivity index (χ2v) is 17.3. The summed E-state index contributed by atoms with van der Waals surface area (Å²) in [5, 5.41) is 2.73. The monoisotopic (exact) mass is 525 g/mol. The van der Waals surface area contributed by atoms with E-state index in [1.54, 1.807) is 25.7 Å². The minimum absolute atomic E-state index is 0.0125. The van der Waals surface area contributed by atoms with E-state index in [-0.39, 0.29) is 31.2 Å². The highest BCUT2D eigenvalue weighted by Crippen LogP contribution is 2.35. The third-order valence-corrected chi connectivity index (χ3v) is 7.81. The van der Waals surface area contributed by atoms with Gasteiger partial charge in [0.25, 0.3) is 0 Å². The number of imide groups is 1. The average molecular weight is 526 g/mol. The van der Waals surface area contributed by atoms with Crippen LogP contribution < -0.4 is 10.2 Å². The summed E-state index contributed by atoms with van der Waals surface area (Å²) in [6.07, 6.45) is -0.486. The molecule has 2 fully saturated rings. The lowest BCUT2D eigenvalue weighted by atomic mass is 9.88. The number of hydrogen-bond donors (Lipinski definition) is 1. The first-order chi connectivity index (χ1) is 16.6. The van der Waals surface area contributed by atoms with Crippen molar-refractivity contribution in [1.29, 1.82) is 0 Å². The van der Waals surface area contributed by atoms with Gasteiger partial charge in [0.05, 0.1) is 12.0 Å². The SMILES string of the molecule is CC(C)(C)OC(=O)NC1CN(c2cc(F)c(C3CCC(=O)N(COCC[Si](C)(C)C)C3=O)c(F)c2)C1. The molecule has 1 aromatic rings. The summed E-state index contributed by atoms with van der Waals surface area (Å²) in [6, 6.07) is 3.06. The Bertz CT molecular complexity index is 979. The minimum atomic E-state index is -1.34. The van der Waals surface area contributed by atoms with Gasteiger partial charge in [0.1, 0.15) is 24.0 Å².